The lowest BCUT2D eigenvalue weighted by Gasteiger charge is -2.24. The van der Waals surface area contributed by atoms with Crippen LogP contribution in [0.3, 0.4) is 0 Å². The van der Waals surface area contributed by atoms with E-state index in [9.17, 15) is 0 Å². The maximum absolute atomic E-state index is 4.20. The minimum Gasteiger partial charge on any atom is -0.298 e. The summed E-state index contributed by atoms with van der Waals surface area (Å²) in [6.07, 6.45) is 10.8. The molecule has 3 rings (SSSR count). The van der Waals surface area contributed by atoms with E-state index < -0.39 is 0 Å². The second-order valence-electron chi connectivity index (χ2n) is 5.06. The van der Waals surface area contributed by atoms with Gasteiger partial charge in [0.1, 0.15) is 12.7 Å². The van der Waals surface area contributed by atoms with E-state index in [1.807, 2.05) is 17.1 Å². The van der Waals surface area contributed by atoms with Crippen LogP contribution in [0.2, 0.25) is 0 Å². The minimum absolute atomic E-state index is 0.600. The SMILES string of the molecule is c1cc(CCN2CCC[C@@H]2Cn2cncn2)ccn1. The fourth-order valence-electron chi connectivity index (χ4n) is 2.76. The van der Waals surface area contributed by atoms with Gasteiger partial charge in [-0.25, -0.2) is 4.98 Å². The second-order valence-corrected chi connectivity index (χ2v) is 5.06. The summed E-state index contributed by atoms with van der Waals surface area (Å²) in [5.74, 6) is 0. The number of aromatic nitrogens is 4. The lowest BCUT2D eigenvalue weighted by molar-refractivity contribution is 0.229. The zero-order valence-corrected chi connectivity index (χ0v) is 11.0. The van der Waals surface area contributed by atoms with Crippen LogP contribution in [0.25, 0.3) is 0 Å². The molecule has 0 amide bonds. The van der Waals surface area contributed by atoms with Crippen LogP contribution in [0.1, 0.15) is 18.4 Å². The van der Waals surface area contributed by atoms with Gasteiger partial charge in [-0.1, -0.05) is 0 Å². The number of nitrogens with zero attached hydrogens (tertiary/aromatic N) is 5. The molecular formula is C14H19N5. The number of likely N-dealkylation sites (tertiary alicyclic amines) is 1. The van der Waals surface area contributed by atoms with Gasteiger partial charge in [0, 0.05) is 25.0 Å². The summed E-state index contributed by atoms with van der Waals surface area (Å²) >= 11 is 0. The fourth-order valence-corrected chi connectivity index (χ4v) is 2.76. The molecule has 100 valence electrons. The van der Waals surface area contributed by atoms with Crippen molar-refractivity contribution in [1.82, 2.24) is 24.6 Å². The van der Waals surface area contributed by atoms with Crippen molar-refractivity contribution >= 4 is 0 Å². The molecule has 5 heteroatoms. The first-order chi connectivity index (χ1) is 9.42. The monoisotopic (exact) mass is 257 g/mol. The van der Waals surface area contributed by atoms with Crippen LogP contribution >= 0.6 is 0 Å². The molecule has 1 aliphatic heterocycles. The highest BCUT2D eigenvalue weighted by molar-refractivity contribution is 5.10. The summed E-state index contributed by atoms with van der Waals surface area (Å²) in [5, 5.41) is 4.20. The normalized spacial score (nSPS) is 19.9. The van der Waals surface area contributed by atoms with Crippen molar-refractivity contribution in [3.05, 3.63) is 42.7 Å². The summed E-state index contributed by atoms with van der Waals surface area (Å²) in [7, 11) is 0. The predicted molar refractivity (Wildman–Crippen MR) is 72.6 cm³/mol. The highest BCUT2D eigenvalue weighted by Crippen LogP contribution is 2.18. The number of hydrogen-bond donors (Lipinski definition) is 0. The quantitative estimate of drug-likeness (QED) is 0.812. The molecule has 1 fully saturated rings. The summed E-state index contributed by atoms with van der Waals surface area (Å²) < 4.78 is 1.94. The van der Waals surface area contributed by atoms with Crippen molar-refractivity contribution in [1.29, 1.82) is 0 Å². The van der Waals surface area contributed by atoms with Gasteiger partial charge in [-0.3, -0.25) is 14.6 Å². The van der Waals surface area contributed by atoms with Crippen LogP contribution < -0.4 is 0 Å². The summed E-state index contributed by atoms with van der Waals surface area (Å²) in [6.45, 7) is 3.27. The third-order valence-electron chi connectivity index (χ3n) is 3.80. The van der Waals surface area contributed by atoms with Crippen LogP contribution in [0, 0.1) is 0 Å². The number of pyridine rings is 1. The van der Waals surface area contributed by atoms with Crippen molar-refractivity contribution in [3.8, 4) is 0 Å². The smallest absolute Gasteiger partial charge is 0.137 e. The van der Waals surface area contributed by atoms with Crippen molar-refractivity contribution in [2.75, 3.05) is 13.1 Å². The Balaban J connectivity index is 1.55. The van der Waals surface area contributed by atoms with Gasteiger partial charge in [-0.15, -0.1) is 0 Å². The molecule has 1 aliphatic rings. The first-order valence-corrected chi connectivity index (χ1v) is 6.87. The van der Waals surface area contributed by atoms with Crippen molar-refractivity contribution in [2.24, 2.45) is 0 Å². The van der Waals surface area contributed by atoms with Crippen LogP contribution in [-0.4, -0.2) is 43.8 Å². The van der Waals surface area contributed by atoms with Gasteiger partial charge in [0.15, 0.2) is 0 Å². The average molecular weight is 257 g/mol. The molecule has 2 aromatic heterocycles. The summed E-state index contributed by atoms with van der Waals surface area (Å²) in [6, 6.07) is 4.80. The van der Waals surface area contributed by atoms with Gasteiger partial charge in [0.2, 0.25) is 0 Å². The van der Waals surface area contributed by atoms with Crippen LogP contribution in [0.4, 0.5) is 0 Å². The van der Waals surface area contributed by atoms with E-state index >= 15 is 0 Å². The zero-order valence-electron chi connectivity index (χ0n) is 11.0. The van der Waals surface area contributed by atoms with Gasteiger partial charge in [-0.05, 0) is 43.5 Å². The molecule has 0 radical (unpaired) electrons. The predicted octanol–water partition coefficient (Wildman–Crippen LogP) is 1.38. The molecule has 0 unspecified atom stereocenters. The van der Waals surface area contributed by atoms with Crippen molar-refractivity contribution in [2.45, 2.75) is 31.8 Å². The summed E-state index contributed by atoms with van der Waals surface area (Å²) in [4.78, 5) is 10.6. The molecule has 0 aromatic carbocycles. The Morgan fingerprint density at radius 1 is 1.21 bits per heavy atom. The number of rotatable bonds is 5. The average Bonchev–Trinajstić information content (AvgIpc) is 3.10. The molecule has 1 atom stereocenters. The minimum atomic E-state index is 0.600. The molecule has 2 aromatic rings. The lowest BCUT2D eigenvalue weighted by Crippen LogP contribution is -2.34. The van der Waals surface area contributed by atoms with Crippen LogP contribution in [0.15, 0.2) is 37.2 Å². The Hall–Kier alpha value is -1.75. The molecule has 19 heavy (non-hydrogen) atoms. The lowest BCUT2D eigenvalue weighted by atomic mass is 10.1. The van der Waals surface area contributed by atoms with Gasteiger partial charge in [0.05, 0.1) is 6.54 Å². The first-order valence-electron chi connectivity index (χ1n) is 6.87. The third-order valence-corrected chi connectivity index (χ3v) is 3.80. The van der Waals surface area contributed by atoms with Gasteiger partial charge >= 0.3 is 0 Å². The van der Waals surface area contributed by atoms with Crippen LogP contribution in [-0.2, 0) is 13.0 Å². The van der Waals surface area contributed by atoms with Gasteiger partial charge < -0.3 is 0 Å². The Morgan fingerprint density at radius 2 is 2.11 bits per heavy atom. The highest BCUT2D eigenvalue weighted by atomic mass is 15.3. The molecule has 0 aliphatic carbocycles. The van der Waals surface area contributed by atoms with E-state index in [1.165, 1.54) is 24.9 Å². The van der Waals surface area contributed by atoms with E-state index in [0.717, 1.165) is 19.5 Å². The van der Waals surface area contributed by atoms with Crippen molar-refractivity contribution < 1.29 is 0 Å². The summed E-state index contributed by atoms with van der Waals surface area (Å²) in [5.41, 5.74) is 1.36. The van der Waals surface area contributed by atoms with E-state index in [-0.39, 0.29) is 0 Å². The topological polar surface area (TPSA) is 46.8 Å². The van der Waals surface area contributed by atoms with Crippen molar-refractivity contribution in [3.63, 3.8) is 0 Å². The van der Waals surface area contributed by atoms with E-state index in [0.29, 0.717) is 6.04 Å². The largest absolute Gasteiger partial charge is 0.298 e. The van der Waals surface area contributed by atoms with Crippen LogP contribution in [0.5, 0.6) is 0 Å². The Kier molecular flexibility index (Phi) is 3.83. The maximum Gasteiger partial charge on any atom is 0.137 e. The standard InChI is InChI=1S/C14H19N5/c1-2-14(10-19-12-16-11-17-19)18(8-1)9-5-13-3-6-15-7-4-13/h3-4,6-7,11-12,14H,1-2,5,8-10H2/t14-/m1/s1. The second kappa shape index (κ2) is 5.93. The molecule has 1 saturated heterocycles. The fraction of sp³-hybridized carbons (Fsp3) is 0.500. The molecule has 0 N–H and O–H groups in total. The van der Waals surface area contributed by atoms with E-state index in [4.69, 9.17) is 0 Å². The molecule has 5 nitrogen and oxygen atoms in total. The first kappa shape index (κ1) is 12.3. The highest BCUT2D eigenvalue weighted by Gasteiger charge is 2.24. The molecule has 0 bridgehead atoms. The van der Waals surface area contributed by atoms with E-state index in [1.54, 1.807) is 12.7 Å². The zero-order chi connectivity index (χ0) is 12.9. The number of hydrogen-bond acceptors (Lipinski definition) is 4. The van der Waals surface area contributed by atoms with Gasteiger partial charge in [-0.2, -0.15) is 5.10 Å². The maximum atomic E-state index is 4.20. The van der Waals surface area contributed by atoms with E-state index in [2.05, 4.69) is 32.1 Å². The van der Waals surface area contributed by atoms with Gasteiger partial charge in [0.25, 0.3) is 0 Å². The Bertz CT molecular complexity index is 482. The molecular weight excluding hydrogens is 238 g/mol. The molecule has 0 saturated carbocycles. The molecule has 3 heterocycles. The third kappa shape index (κ3) is 3.17. The Labute approximate surface area is 113 Å². The Morgan fingerprint density at radius 3 is 2.89 bits per heavy atom. The molecule has 0 spiro atoms.